The summed E-state index contributed by atoms with van der Waals surface area (Å²) in [6.07, 6.45) is 0. The van der Waals surface area contributed by atoms with E-state index in [9.17, 15) is 0 Å². The minimum Gasteiger partial charge on any atom is -0.491 e. The van der Waals surface area contributed by atoms with Crippen molar-refractivity contribution in [2.24, 2.45) is 0 Å². The molecule has 0 fully saturated rings. The summed E-state index contributed by atoms with van der Waals surface area (Å²) in [6.45, 7) is 8.96. The SMILES string of the molecule is C.C.C.C.C.C.C.C.C.C.CC.CC(C)(c1ccc(OCCO)cc1)c1ccc(OCCO)cc1.[2H]CI. The van der Waals surface area contributed by atoms with Gasteiger partial charge in [-0.15, -0.1) is 0 Å². The van der Waals surface area contributed by atoms with E-state index in [4.69, 9.17) is 21.1 Å². The van der Waals surface area contributed by atoms with Crippen molar-refractivity contribution in [1.82, 2.24) is 0 Å². The maximum Gasteiger partial charge on any atom is 0.119 e. The van der Waals surface area contributed by atoms with Crippen LogP contribution in [0.5, 0.6) is 11.5 Å². The topological polar surface area (TPSA) is 58.9 Å². The molecule has 2 aromatic rings. The summed E-state index contributed by atoms with van der Waals surface area (Å²) in [4.78, 5) is 0.470. The number of alkyl halides is 1. The molecule has 5 heteroatoms. The van der Waals surface area contributed by atoms with E-state index in [1.54, 1.807) is 0 Å². The van der Waals surface area contributed by atoms with Gasteiger partial charge in [0.1, 0.15) is 24.7 Å². The van der Waals surface area contributed by atoms with Gasteiger partial charge in [0.05, 0.1) is 13.2 Å². The summed E-state index contributed by atoms with van der Waals surface area (Å²) in [5, 5.41) is 17.6. The van der Waals surface area contributed by atoms with Crippen LogP contribution in [0.15, 0.2) is 48.5 Å². The van der Waals surface area contributed by atoms with Crippen molar-refractivity contribution in [2.45, 2.75) is 107 Å². The van der Waals surface area contributed by atoms with Crippen molar-refractivity contribution in [2.75, 3.05) is 31.3 Å². The van der Waals surface area contributed by atoms with Gasteiger partial charge in [0.25, 0.3) is 0 Å². The number of hydrogen-bond acceptors (Lipinski definition) is 4. The molecule has 0 aliphatic heterocycles. The van der Waals surface area contributed by atoms with Crippen LogP contribution in [0.25, 0.3) is 0 Å². The average molecular weight is 650 g/mol. The van der Waals surface area contributed by atoms with Gasteiger partial charge in [0.2, 0.25) is 0 Å². The standard InChI is InChI=1S/C19H24O4.C2H6.CH3I.10CH4/c1-19(2,15-3-7-17(8-4-15)22-13-11-20)16-5-9-18(10-6-16)23-14-12-21;2*1-2;;;;;;;;;;/h3-10,20-21H,11-14H2,1-2H3;1-2H3;1H3;10*1H4/i;;1D;;;;;;;;;;. The van der Waals surface area contributed by atoms with Gasteiger partial charge in [0, 0.05) is 6.79 Å². The lowest BCUT2D eigenvalue weighted by molar-refractivity contribution is 0.201. The van der Waals surface area contributed by atoms with Gasteiger partial charge in [-0.2, -0.15) is 0 Å². The number of rotatable bonds is 8. The van der Waals surface area contributed by atoms with Crippen LogP contribution >= 0.6 is 22.6 Å². The molecule has 0 aliphatic rings. The molecule has 0 amide bonds. The van der Waals surface area contributed by atoms with Crippen molar-refractivity contribution in [3.63, 3.8) is 0 Å². The Morgan fingerprint density at radius 3 is 1.03 bits per heavy atom. The predicted octanol–water partition coefficient (Wildman–Crippen LogP) is 11.2. The van der Waals surface area contributed by atoms with Gasteiger partial charge in [-0.25, -0.2) is 0 Å². The summed E-state index contributed by atoms with van der Waals surface area (Å²) < 4.78 is 17.0. The highest BCUT2D eigenvalue weighted by Gasteiger charge is 2.23. The molecule has 0 heterocycles. The molecule has 0 aliphatic carbocycles. The minimum atomic E-state index is -0.148. The largest absolute Gasteiger partial charge is 0.491 e. The Hall–Kier alpha value is -1.31. The third kappa shape index (κ3) is 24.8. The third-order valence-electron chi connectivity index (χ3n) is 3.87. The van der Waals surface area contributed by atoms with E-state index in [0.29, 0.717) is 18.1 Å². The fourth-order valence-corrected chi connectivity index (χ4v) is 2.43. The summed E-state index contributed by atoms with van der Waals surface area (Å²) in [6, 6.07) is 15.9. The molecule has 0 spiro atoms. The van der Waals surface area contributed by atoms with Gasteiger partial charge < -0.3 is 19.7 Å². The lowest BCUT2D eigenvalue weighted by Crippen LogP contribution is -2.18. The van der Waals surface area contributed by atoms with Gasteiger partial charge in [-0.3, -0.25) is 0 Å². The highest BCUT2D eigenvalue weighted by molar-refractivity contribution is 14.1. The molecule has 232 valence electrons. The lowest BCUT2D eigenvalue weighted by Gasteiger charge is -2.26. The lowest BCUT2D eigenvalue weighted by atomic mass is 9.78. The Kier molecular flexibility index (Phi) is 73.5. The number of hydrogen-bond donors (Lipinski definition) is 2. The van der Waals surface area contributed by atoms with E-state index < -0.39 is 0 Å². The quantitative estimate of drug-likeness (QED) is 0.221. The molecule has 0 unspecified atom stereocenters. The fraction of sp³-hybridized carbons (Fsp3) is 0.625. The van der Waals surface area contributed by atoms with E-state index in [1.807, 2.05) is 85.0 Å². The summed E-state index contributed by atoms with van der Waals surface area (Å²) in [7, 11) is 0. The maximum absolute atomic E-state index is 8.79. The van der Waals surface area contributed by atoms with Crippen LogP contribution < -0.4 is 9.47 Å². The molecule has 37 heavy (non-hydrogen) atoms. The van der Waals surface area contributed by atoms with E-state index in [1.165, 1.54) is 11.1 Å². The Morgan fingerprint density at radius 2 is 0.838 bits per heavy atom. The van der Waals surface area contributed by atoms with Crippen LogP contribution in [0.2, 0.25) is 0 Å². The second kappa shape index (κ2) is 41.8. The molecule has 0 atom stereocenters. The normalized spacial score (nSPS) is 7.70. The second-order valence-electron chi connectivity index (χ2n) is 5.82. The summed E-state index contributed by atoms with van der Waals surface area (Å²) in [5.74, 6) is 1.51. The van der Waals surface area contributed by atoms with Gasteiger partial charge in [-0.05, 0) is 40.3 Å². The van der Waals surface area contributed by atoms with Gasteiger partial charge >= 0.3 is 0 Å². The third-order valence-corrected chi connectivity index (χ3v) is 3.87. The van der Waals surface area contributed by atoms with E-state index in [0.717, 1.165) is 11.5 Å². The highest BCUT2D eigenvalue weighted by atomic mass is 127. The van der Waals surface area contributed by atoms with Crippen LogP contribution in [0.3, 0.4) is 0 Å². The molecule has 2 rings (SSSR count). The number of halogens is 1. The highest BCUT2D eigenvalue weighted by Crippen LogP contribution is 2.33. The van der Waals surface area contributed by atoms with Crippen LogP contribution in [-0.4, -0.2) is 41.5 Å². The van der Waals surface area contributed by atoms with E-state index >= 15 is 0 Å². The first-order valence-electron chi connectivity index (χ1n) is 9.74. The summed E-state index contributed by atoms with van der Waals surface area (Å²) in [5.41, 5.74) is 2.21. The van der Waals surface area contributed by atoms with Crippen molar-refractivity contribution in [1.29, 1.82) is 0 Å². The molecule has 2 aromatic carbocycles. The number of aliphatic hydroxyl groups is 2. The average Bonchev–Trinajstić information content (AvgIpc) is 2.73. The van der Waals surface area contributed by atoms with Gasteiger partial charge in [0.15, 0.2) is 0 Å². The molecule has 0 aromatic heterocycles. The number of benzene rings is 2. The molecule has 4 nitrogen and oxygen atoms in total. The molecular weight excluding hydrogens is 575 g/mol. The molecule has 0 saturated heterocycles. The Bertz CT molecular complexity index is 565. The van der Waals surface area contributed by atoms with Crippen LogP contribution in [0.1, 0.15) is 114 Å². The zero-order valence-corrected chi connectivity index (χ0v) is 18.9. The van der Waals surface area contributed by atoms with Crippen molar-refractivity contribution >= 4 is 22.6 Å². The fourth-order valence-electron chi connectivity index (χ4n) is 2.43. The van der Waals surface area contributed by atoms with Crippen molar-refractivity contribution in [3.8, 4) is 11.5 Å². The Morgan fingerprint density at radius 1 is 0.622 bits per heavy atom. The van der Waals surface area contributed by atoms with Crippen LogP contribution in [0, 0.1) is 0 Å². The van der Waals surface area contributed by atoms with E-state index in [2.05, 4.69) is 13.8 Å². The zero-order chi connectivity index (χ0) is 21.4. The summed E-state index contributed by atoms with van der Waals surface area (Å²) >= 11 is 1.96. The van der Waals surface area contributed by atoms with Crippen LogP contribution in [-0.2, 0) is 5.41 Å². The molecular formula is C32H73IO4. The number of ether oxygens (including phenoxy) is 2. The Labute approximate surface area is 252 Å². The van der Waals surface area contributed by atoms with Crippen molar-refractivity contribution in [3.05, 3.63) is 59.7 Å². The van der Waals surface area contributed by atoms with Crippen molar-refractivity contribution < 1.29 is 21.1 Å². The minimum absolute atomic E-state index is 0. The number of aliphatic hydroxyl groups excluding tert-OH is 2. The zero-order valence-electron chi connectivity index (χ0n) is 17.7. The smallest absolute Gasteiger partial charge is 0.119 e. The van der Waals surface area contributed by atoms with Gasteiger partial charge in [-0.1, -0.05) is 149 Å². The maximum atomic E-state index is 8.79. The molecule has 0 radical (unpaired) electrons. The van der Waals surface area contributed by atoms with E-state index in [-0.39, 0.29) is 92.9 Å². The van der Waals surface area contributed by atoms with Crippen LogP contribution in [0.4, 0.5) is 0 Å². The first-order valence-corrected chi connectivity index (χ1v) is 10.6. The predicted molar refractivity (Wildman–Crippen MR) is 189 cm³/mol. The Balaban J connectivity index is -0.0000000505. The first-order chi connectivity index (χ1) is 13.5. The second-order valence-corrected chi connectivity index (χ2v) is 5.82. The molecule has 0 bridgehead atoms. The molecule has 0 saturated carbocycles. The monoisotopic (exact) mass is 649 g/mol. The first kappa shape index (κ1) is 65.1. The molecule has 2 N–H and O–H groups in total.